The van der Waals surface area contributed by atoms with Gasteiger partial charge >= 0.3 is 43.7 Å². The first-order valence-corrected chi connectivity index (χ1v) is 27.3. The Hall–Kier alpha value is -7.28. The van der Waals surface area contributed by atoms with E-state index >= 15 is 0 Å². The van der Waals surface area contributed by atoms with Crippen molar-refractivity contribution >= 4 is 72.9 Å². The zero-order chi connectivity index (χ0) is 59.0. The van der Waals surface area contributed by atoms with Gasteiger partial charge in [0.15, 0.2) is 0 Å². The maximum absolute atomic E-state index is 14.0. The number of halogens is 2. The Balaban J connectivity index is 0.000000263. The number of hydrogen-bond acceptors (Lipinski definition) is 9. The molecule has 8 rings (SSSR count). The van der Waals surface area contributed by atoms with E-state index in [4.69, 9.17) is 0 Å². The first kappa shape index (κ1) is 64.9. The number of hydrogen-bond donors (Lipinski definition) is 6. The van der Waals surface area contributed by atoms with Crippen molar-refractivity contribution in [2.45, 2.75) is 116 Å². The average Bonchev–Trinajstić information content (AvgIpc) is 3.14. The third-order valence-corrected chi connectivity index (χ3v) is 13.8. The van der Waals surface area contributed by atoms with Gasteiger partial charge in [0, 0.05) is 59.4 Å². The van der Waals surface area contributed by atoms with Crippen LogP contribution < -0.4 is 15.7 Å². The molecule has 2 aromatic heterocycles. The van der Waals surface area contributed by atoms with Crippen LogP contribution in [0.1, 0.15) is 110 Å². The number of carbonyl (C=O) groups is 4. The van der Waals surface area contributed by atoms with Gasteiger partial charge < -0.3 is 50.1 Å². The first-order chi connectivity index (χ1) is 39.3. The van der Waals surface area contributed by atoms with Crippen LogP contribution >= 0.6 is 0 Å². The summed E-state index contributed by atoms with van der Waals surface area (Å²) < 4.78 is 32.0. The molecule has 14 nitrogen and oxygen atoms in total. The van der Waals surface area contributed by atoms with Crippen LogP contribution in [0.3, 0.4) is 0 Å². The Labute approximate surface area is 512 Å². The van der Waals surface area contributed by atoms with Gasteiger partial charge in [-0.15, -0.1) is 0 Å². The predicted molar refractivity (Wildman–Crippen MR) is 316 cm³/mol. The molecule has 0 spiro atoms. The largest absolute Gasteiger partial charge is 2.00 e. The van der Waals surface area contributed by atoms with Crippen LogP contribution in [0.2, 0.25) is 0 Å². The molecule has 0 aliphatic heterocycles. The molecule has 17 heteroatoms. The predicted octanol–water partition coefficient (Wildman–Crippen LogP) is 10.8. The summed E-state index contributed by atoms with van der Waals surface area (Å²) in [6, 6.07) is 49.4. The summed E-state index contributed by atoms with van der Waals surface area (Å²) in [7, 11) is 0. The van der Waals surface area contributed by atoms with Gasteiger partial charge in [-0.2, -0.15) is 0 Å². The number of carboxylic acid groups (broad SMARTS) is 1. The van der Waals surface area contributed by atoms with Crippen LogP contribution in [-0.2, 0) is 27.8 Å². The van der Waals surface area contributed by atoms with Crippen molar-refractivity contribution in [3.05, 3.63) is 204 Å². The van der Waals surface area contributed by atoms with Gasteiger partial charge in [-0.3, -0.25) is 9.59 Å². The zero-order valence-electron chi connectivity index (χ0n) is 46.9. The molecule has 0 fully saturated rings. The summed E-state index contributed by atoms with van der Waals surface area (Å²) in [4.78, 5) is 49.8. The van der Waals surface area contributed by atoms with E-state index < -0.39 is 60.8 Å². The van der Waals surface area contributed by atoms with E-state index in [0.717, 1.165) is 22.5 Å². The molecule has 4 unspecified atom stereocenters. The van der Waals surface area contributed by atoms with Crippen LogP contribution in [0.4, 0.5) is 20.2 Å². The first-order valence-electron chi connectivity index (χ1n) is 27.3. The second kappa shape index (κ2) is 30.9. The smallest absolute Gasteiger partial charge is 0.550 e. The summed E-state index contributed by atoms with van der Waals surface area (Å²) in [5, 5.41) is 69.2. The van der Waals surface area contributed by atoms with Crippen LogP contribution in [0.25, 0.3) is 44.8 Å². The molecule has 2 heterocycles. The minimum absolute atomic E-state index is 0. The molecule has 2 amide bonds. The Morgan fingerprint density at radius 2 is 0.795 bits per heavy atom. The van der Waals surface area contributed by atoms with Crippen molar-refractivity contribution in [3.8, 4) is 44.8 Å². The van der Waals surface area contributed by atoms with Crippen LogP contribution in [-0.4, -0.2) is 115 Å². The number of rotatable bonds is 24. The summed E-state index contributed by atoms with van der Waals surface area (Å²) >= 11 is 0. The molecule has 0 aliphatic rings. The molecular weight excluding hydrogens is 1090 g/mol. The van der Waals surface area contributed by atoms with Gasteiger partial charge in [-0.25, -0.2) is 18.7 Å². The molecule has 0 bridgehead atoms. The van der Waals surface area contributed by atoms with Gasteiger partial charge in [0.2, 0.25) is 0 Å². The summed E-state index contributed by atoms with van der Waals surface area (Å²) in [5.41, 5.74) is 9.43. The number of aliphatic hydroxyl groups excluding tert-OH is 4. The Bertz CT molecular complexity index is 3170. The van der Waals surface area contributed by atoms with E-state index in [1.54, 1.807) is 48.5 Å². The summed E-state index contributed by atoms with van der Waals surface area (Å²) in [5.74, 6) is -4.41. The van der Waals surface area contributed by atoms with E-state index in [9.17, 15) is 58.6 Å². The van der Waals surface area contributed by atoms with E-state index in [1.807, 2.05) is 134 Å². The fraction of sp³-hybridized carbons (Fsp3) is 0.273. The molecule has 83 heavy (non-hydrogen) atoms. The fourth-order valence-corrected chi connectivity index (χ4v) is 10.4. The second-order valence-electron chi connectivity index (χ2n) is 20.8. The van der Waals surface area contributed by atoms with Crippen molar-refractivity contribution in [1.29, 1.82) is 0 Å². The monoisotopic (exact) mass is 1150 g/mol. The van der Waals surface area contributed by atoms with E-state index in [0.29, 0.717) is 56.1 Å². The topological polar surface area (TPSA) is 226 Å². The van der Waals surface area contributed by atoms with Crippen LogP contribution in [0.5, 0.6) is 0 Å². The summed E-state index contributed by atoms with van der Waals surface area (Å²) in [6.45, 7) is 8.45. The van der Waals surface area contributed by atoms with Gasteiger partial charge in [0.05, 0.1) is 53.4 Å². The number of aliphatic carboxylic acids is 1. The minimum atomic E-state index is -1.39. The van der Waals surface area contributed by atoms with Crippen molar-refractivity contribution < 1.29 is 58.6 Å². The normalized spacial score (nSPS) is 12.6. The summed E-state index contributed by atoms with van der Waals surface area (Å²) in [6.07, 6.45) is -5.54. The number of carbonyl (C=O) groups excluding carboxylic acids is 4. The number of aromatic nitrogens is 2. The zero-order valence-corrected chi connectivity index (χ0v) is 49.1. The third-order valence-electron chi connectivity index (χ3n) is 13.8. The van der Waals surface area contributed by atoms with E-state index in [-0.39, 0.29) is 100 Å². The van der Waals surface area contributed by atoms with Gasteiger partial charge in [-0.05, 0) is 133 Å². The standard InChI is InChI=1S/C33H35FN2O5.C33H34FN2O5.Ca/c2*1-21(2)31-30(33(41)35-25-11-7-4-8-12-25)29(22-9-5-3-6-10-22)32(23-13-15-24(34)16-14-23)36(31)18-17-26(37)19-27(38)20-28(39)40;/h3-16,21,26-27,37-38H,17-20H2,1-2H3,(H,35,41)(H,39,40);3-16,21,26-27,37-38H,17-20H2,1-2H3,(H,35,41);/q;;+2/p-1. The Kier molecular flexibility index (Phi) is 24.1. The molecule has 427 valence electrons. The van der Waals surface area contributed by atoms with E-state index in [1.165, 1.54) is 24.3 Å². The molecular formula is C66H68CaF2N4O10+. The average molecular weight is 1160 g/mol. The molecule has 6 aromatic carbocycles. The number of nitrogens with one attached hydrogen (secondary N) is 2. The van der Waals surface area contributed by atoms with E-state index in [2.05, 4.69) is 10.6 Å². The Morgan fingerprint density at radius 1 is 0.470 bits per heavy atom. The third kappa shape index (κ3) is 17.4. The van der Waals surface area contributed by atoms with Crippen LogP contribution in [0.15, 0.2) is 170 Å². The van der Waals surface area contributed by atoms with Gasteiger partial charge in [0.25, 0.3) is 11.8 Å². The van der Waals surface area contributed by atoms with Gasteiger partial charge in [-0.1, -0.05) is 125 Å². The number of aliphatic hydroxyl groups is 4. The minimum Gasteiger partial charge on any atom is -0.550 e. The second-order valence-corrected chi connectivity index (χ2v) is 20.8. The number of nitrogens with zero attached hydrogens (tertiary/aromatic N) is 2. The number of para-hydroxylation sites is 2. The molecule has 8 aromatic rings. The van der Waals surface area contributed by atoms with Crippen LogP contribution in [0, 0.1) is 11.6 Å². The maximum Gasteiger partial charge on any atom is 2.00 e. The quantitative estimate of drug-likeness (QED) is 0.0316. The van der Waals surface area contributed by atoms with Crippen molar-refractivity contribution in [3.63, 3.8) is 0 Å². The van der Waals surface area contributed by atoms with Crippen molar-refractivity contribution in [1.82, 2.24) is 9.13 Å². The molecule has 6 N–H and O–H groups in total. The molecule has 1 radical (unpaired) electrons. The maximum atomic E-state index is 14.0. The molecule has 0 saturated heterocycles. The van der Waals surface area contributed by atoms with Crippen molar-refractivity contribution in [2.24, 2.45) is 0 Å². The van der Waals surface area contributed by atoms with Gasteiger partial charge in [0.1, 0.15) is 11.6 Å². The number of amides is 2. The molecule has 0 aliphatic carbocycles. The fourth-order valence-electron chi connectivity index (χ4n) is 10.4. The molecule has 4 atom stereocenters. The Morgan fingerprint density at radius 3 is 1.11 bits per heavy atom. The number of carboxylic acids is 1. The SMILES string of the molecule is CC(C)c1c(C(=O)Nc2ccccc2)c(-c2ccccc2)c(-c2ccc(F)cc2)n1CCC(O)CC(O)CC(=O)[O-].CC(C)c1c(C(=O)Nc2ccccc2)c(-c2ccccc2)c(-c2ccc(F)cc2)n1CCC(O)CC(O)CC([O])=O.[Ca+2]. The number of anilines is 2. The molecule has 0 saturated carbocycles. The number of benzene rings is 6. The van der Waals surface area contributed by atoms with Crippen molar-refractivity contribution in [2.75, 3.05) is 10.6 Å².